The first-order valence-corrected chi connectivity index (χ1v) is 8.00. The molecule has 2 aliphatic heterocycles. The van der Waals surface area contributed by atoms with Crippen molar-refractivity contribution in [1.29, 1.82) is 0 Å². The van der Waals surface area contributed by atoms with Crippen molar-refractivity contribution in [2.75, 3.05) is 39.3 Å². The molecule has 2 saturated heterocycles. The third-order valence-corrected chi connectivity index (χ3v) is 4.64. The first kappa shape index (κ1) is 14.3. The summed E-state index contributed by atoms with van der Waals surface area (Å²) < 4.78 is 0. The van der Waals surface area contributed by atoms with Gasteiger partial charge in [0.05, 0.1) is 0 Å². The summed E-state index contributed by atoms with van der Waals surface area (Å²) in [5.41, 5.74) is 0. The van der Waals surface area contributed by atoms with Crippen LogP contribution in [0.5, 0.6) is 0 Å². The van der Waals surface area contributed by atoms with Crippen molar-refractivity contribution in [3.8, 4) is 0 Å². The lowest BCUT2D eigenvalue weighted by molar-refractivity contribution is 0.0312. The highest BCUT2D eigenvalue weighted by Crippen LogP contribution is 2.21. The van der Waals surface area contributed by atoms with E-state index in [1.807, 2.05) is 0 Å². The summed E-state index contributed by atoms with van der Waals surface area (Å²) in [6, 6.07) is 1.55. The quantitative estimate of drug-likeness (QED) is 0.730. The van der Waals surface area contributed by atoms with Crippen molar-refractivity contribution in [2.24, 2.45) is 0 Å². The van der Waals surface area contributed by atoms with Crippen LogP contribution in [0.1, 0.15) is 46.0 Å². The molecule has 0 bridgehead atoms. The van der Waals surface area contributed by atoms with E-state index in [1.165, 1.54) is 64.8 Å². The first-order valence-electron chi connectivity index (χ1n) is 8.00. The molecule has 0 aromatic carbocycles. The van der Waals surface area contributed by atoms with Gasteiger partial charge in [-0.05, 0) is 39.3 Å². The van der Waals surface area contributed by atoms with Crippen LogP contribution in [-0.4, -0.2) is 61.2 Å². The third-order valence-electron chi connectivity index (χ3n) is 4.64. The minimum absolute atomic E-state index is 0.700. The van der Waals surface area contributed by atoms with Crippen molar-refractivity contribution in [2.45, 2.75) is 58.0 Å². The van der Waals surface area contributed by atoms with Gasteiger partial charge in [0, 0.05) is 38.3 Å². The number of rotatable bonds is 6. The smallest absolute Gasteiger partial charge is 0.0223 e. The molecule has 3 heteroatoms. The summed E-state index contributed by atoms with van der Waals surface area (Å²) in [6.45, 7) is 12.2. The maximum absolute atomic E-state index is 3.60. The molecule has 0 aliphatic carbocycles. The Morgan fingerprint density at radius 2 is 2.11 bits per heavy atom. The largest absolute Gasteiger partial charge is 0.315 e. The van der Waals surface area contributed by atoms with E-state index >= 15 is 0 Å². The molecule has 0 aromatic rings. The van der Waals surface area contributed by atoms with Crippen molar-refractivity contribution in [3.63, 3.8) is 0 Å². The summed E-state index contributed by atoms with van der Waals surface area (Å²) in [7, 11) is 0. The lowest BCUT2D eigenvalue weighted by Gasteiger charge is -2.46. The fraction of sp³-hybridized carbons (Fsp3) is 1.00. The fourth-order valence-electron chi connectivity index (χ4n) is 3.32. The lowest BCUT2D eigenvalue weighted by Crippen LogP contribution is -2.58. The highest BCUT2D eigenvalue weighted by molar-refractivity contribution is 4.87. The highest BCUT2D eigenvalue weighted by Gasteiger charge is 2.30. The average Bonchev–Trinajstić information content (AvgIpc) is 2.43. The zero-order chi connectivity index (χ0) is 12.8. The van der Waals surface area contributed by atoms with Gasteiger partial charge in [-0.1, -0.05) is 19.8 Å². The van der Waals surface area contributed by atoms with E-state index in [0.29, 0.717) is 6.04 Å². The Morgan fingerprint density at radius 3 is 2.94 bits per heavy atom. The Kier molecular flexibility index (Phi) is 5.93. The van der Waals surface area contributed by atoms with E-state index in [-0.39, 0.29) is 0 Å². The van der Waals surface area contributed by atoms with Crippen LogP contribution in [0, 0.1) is 0 Å². The van der Waals surface area contributed by atoms with Gasteiger partial charge in [0.2, 0.25) is 0 Å². The van der Waals surface area contributed by atoms with Gasteiger partial charge in [0.25, 0.3) is 0 Å². The molecule has 0 spiro atoms. The van der Waals surface area contributed by atoms with Crippen LogP contribution in [-0.2, 0) is 0 Å². The Bertz CT molecular complexity index is 232. The number of piperidine rings is 1. The average molecular weight is 253 g/mol. The first-order chi connectivity index (χ1) is 8.81. The van der Waals surface area contributed by atoms with Crippen molar-refractivity contribution in [1.82, 2.24) is 15.1 Å². The van der Waals surface area contributed by atoms with E-state index in [2.05, 4.69) is 29.0 Å². The molecule has 2 rings (SSSR count). The molecule has 0 amide bonds. The summed E-state index contributed by atoms with van der Waals surface area (Å²) in [5, 5.41) is 3.60. The third kappa shape index (κ3) is 3.94. The maximum atomic E-state index is 3.60. The number of nitrogens with zero attached hydrogens (tertiary/aromatic N) is 2. The second-order valence-corrected chi connectivity index (χ2v) is 6.09. The molecule has 0 saturated carbocycles. The van der Waals surface area contributed by atoms with Gasteiger partial charge in [-0.25, -0.2) is 0 Å². The van der Waals surface area contributed by atoms with Crippen LogP contribution in [0.15, 0.2) is 0 Å². The molecule has 18 heavy (non-hydrogen) atoms. The van der Waals surface area contributed by atoms with Crippen molar-refractivity contribution in [3.05, 3.63) is 0 Å². The van der Waals surface area contributed by atoms with Crippen LogP contribution in [0.2, 0.25) is 0 Å². The number of unbranched alkanes of at least 4 members (excludes halogenated alkanes) is 1. The van der Waals surface area contributed by atoms with E-state index in [1.54, 1.807) is 0 Å². The number of fused-ring (bicyclic) bond motifs is 1. The molecule has 0 radical (unpaired) electrons. The SMILES string of the molecule is CCCCNCC(C)N1CCN2CCCCC2C1. The van der Waals surface area contributed by atoms with E-state index in [0.717, 1.165) is 12.6 Å². The molecule has 106 valence electrons. The van der Waals surface area contributed by atoms with Gasteiger partial charge in [-0.15, -0.1) is 0 Å². The van der Waals surface area contributed by atoms with E-state index in [4.69, 9.17) is 0 Å². The number of hydrogen-bond acceptors (Lipinski definition) is 3. The van der Waals surface area contributed by atoms with Crippen LogP contribution in [0.4, 0.5) is 0 Å². The molecular formula is C15H31N3. The summed E-state index contributed by atoms with van der Waals surface area (Å²) in [5.74, 6) is 0. The van der Waals surface area contributed by atoms with Gasteiger partial charge in [0.15, 0.2) is 0 Å². The number of nitrogens with one attached hydrogen (secondary N) is 1. The minimum Gasteiger partial charge on any atom is -0.315 e. The lowest BCUT2D eigenvalue weighted by atomic mass is 9.99. The molecular weight excluding hydrogens is 222 g/mol. The zero-order valence-corrected chi connectivity index (χ0v) is 12.3. The van der Waals surface area contributed by atoms with Gasteiger partial charge >= 0.3 is 0 Å². The fourth-order valence-corrected chi connectivity index (χ4v) is 3.32. The van der Waals surface area contributed by atoms with E-state index in [9.17, 15) is 0 Å². The Hall–Kier alpha value is -0.120. The summed E-state index contributed by atoms with van der Waals surface area (Å²) >= 11 is 0. The maximum Gasteiger partial charge on any atom is 0.0223 e. The van der Waals surface area contributed by atoms with Gasteiger partial charge in [0.1, 0.15) is 0 Å². The van der Waals surface area contributed by atoms with Gasteiger partial charge < -0.3 is 5.32 Å². The molecule has 2 fully saturated rings. The molecule has 3 nitrogen and oxygen atoms in total. The van der Waals surface area contributed by atoms with Crippen LogP contribution in [0.25, 0.3) is 0 Å². The van der Waals surface area contributed by atoms with Gasteiger partial charge in [-0.3, -0.25) is 9.80 Å². The van der Waals surface area contributed by atoms with Crippen molar-refractivity contribution >= 4 is 0 Å². The Balaban J connectivity index is 1.69. The molecule has 2 heterocycles. The second kappa shape index (κ2) is 7.46. The van der Waals surface area contributed by atoms with Crippen LogP contribution < -0.4 is 5.32 Å². The van der Waals surface area contributed by atoms with E-state index < -0.39 is 0 Å². The topological polar surface area (TPSA) is 18.5 Å². The predicted octanol–water partition coefficient (Wildman–Crippen LogP) is 1.93. The van der Waals surface area contributed by atoms with Gasteiger partial charge in [-0.2, -0.15) is 0 Å². The van der Waals surface area contributed by atoms with Crippen LogP contribution in [0.3, 0.4) is 0 Å². The highest BCUT2D eigenvalue weighted by atomic mass is 15.3. The minimum atomic E-state index is 0.700. The zero-order valence-electron chi connectivity index (χ0n) is 12.3. The van der Waals surface area contributed by atoms with Crippen LogP contribution >= 0.6 is 0 Å². The Labute approximate surface area is 113 Å². The molecule has 2 unspecified atom stereocenters. The van der Waals surface area contributed by atoms with Crippen molar-refractivity contribution < 1.29 is 0 Å². The standard InChI is InChI=1S/C15H31N3/c1-3-4-8-16-12-14(2)18-11-10-17-9-6-5-7-15(17)13-18/h14-16H,3-13H2,1-2H3. The second-order valence-electron chi connectivity index (χ2n) is 6.09. The molecule has 0 aromatic heterocycles. The summed E-state index contributed by atoms with van der Waals surface area (Å²) in [6.07, 6.45) is 6.89. The predicted molar refractivity (Wildman–Crippen MR) is 78.0 cm³/mol. The molecule has 2 atom stereocenters. The monoisotopic (exact) mass is 253 g/mol. The molecule has 2 aliphatic rings. The summed E-state index contributed by atoms with van der Waals surface area (Å²) in [4.78, 5) is 5.42. The molecule has 1 N–H and O–H groups in total. The normalized spacial score (nSPS) is 28.0. The Morgan fingerprint density at radius 1 is 1.22 bits per heavy atom. The number of hydrogen-bond donors (Lipinski definition) is 1. The number of piperazine rings is 1.